The molecular weight excluding hydrogens is 354 g/mol. The molecule has 1 fully saturated rings. The molecule has 1 aliphatic rings. The van der Waals surface area contributed by atoms with E-state index in [1.165, 1.54) is 0 Å². The average Bonchev–Trinajstić information content (AvgIpc) is 3.21. The van der Waals surface area contributed by atoms with Crippen molar-refractivity contribution in [3.05, 3.63) is 35.9 Å². The lowest BCUT2D eigenvalue weighted by Gasteiger charge is -2.34. The maximum atomic E-state index is 6.29. The molecule has 0 bridgehead atoms. The largest absolute Gasteiger partial charge is 0.334 e. The number of halogens is 1. The maximum absolute atomic E-state index is 6.29. The van der Waals surface area contributed by atoms with Crippen molar-refractivity contribution in [2.24, 2.45) is 5.73 Å². The van der Waals surface area contributed by atoms with Gasteiger partial charge >= 0.3 is 0 Å². The molecule has 0 amide bonds. The highest BCUT2D eigenvalue weighted by molar-refractivity contribution is 5.85. The van der Waals surface area contributed by atoms with E-state index < -0.39 is 5.54 Å². The van der Waals surface area contributed by atoms with Gasteiger partial charge in [0.2, 0.25) is 0 Å². The fourth-order valence-corrected chi connectivity index (χ4v) is 2.81. The molecule has 2 aromatic heterocycles. The summed E-state index contributed by atoms with van der Waals surface area (Å²) >= 11 is 0. The Balaban J connectivity index is 0.00000196. The second-order valence-corrected chi connectivity index (χ2v) is 7.65. The van der Waals surface area contributed by atoms with Crippen LogP contribution in [0.3, 0.4) is 0 Å². The zero-order chi connectivity index (χ0) is 17.7. The molecule has 2 N–H and O–H groups in total. The summed E-state index contributed by atoms with van der Waals surface area (Å²) in [5, 5.41) is 8.18. The average molecular weight is 376 g/mol. The first-order chi connectivity index (χ1) is 11.9. The van der Waals surface area contributed by atoms with Gasteiger partial charge in [0.1, 0.15) is 0 Å². The van der Waals surface area contributed by atoms with Crippen LogP contribution in [0, 0.1) is 0 Å². The van der Waals surface area contributed by atoms with Crippen LogP contribution in [0.4, 0.5) is 0 Å². The van der Waals surface area contributed by atoms with E-state index >= 15 is 0 Å². The Kier molecular flexibility index (Phi) is 4.62. The quantitative estimate of drug-likeness (QED) is 0.741. The summed E-state index contributed by atoms with van der Waals surface area (Å²) in [5.74, 6) is 2.06. The fourth-order valence-electron chi connectivity index (χ4n) is 2.81. The van der Waals surface area contributed by atoms with Crippen LogP contribution in [0.15, 0.2) is 33.3 Å². The summed E-state index contributed by atoms with van der Waals surface area (Å²) in [6.45, 7) is 6.12. The molecule has 1 saturated carbocycles. The topological polar surface area (TPSA) is 104 Å². The predicted octanol–water partition coefficient (Wildman–Crippen LogP) is 3.84. The minimum Gasteiger partial charge on any atom is -0.334 e. The Morgan fingerprint density at radius 1 is 0.962 bits per heavy atom. The van der Waals surface area contributed by atoms with Crippen molar-refractivity contribution < 1.29 is 9.05 Å². The third kappa shape index (κ3) is 3.12. The van der Waals surface area contributed by atoms with Crippen LogP contribution in [0.2, 0.25) is 0 Å². The van der Waals surface area contributed by atoms with Crippen molar-refractivity contribution in [3.8, 4) is 22.9 Å². The van der Waals surface area contributed by atoms with Crippen LogP contribution < -0.4 is 5.73 Å². The molecule has 0 atom stereocenters. The second-order valence-electron chi connectivity index (χ2n) is 7.65. The minimum absolute atomic E-state index is 0. The molecule has 0 saturated heterocycles. The Morgan fingerprint density at radius 2 is 1.54 bits per heavy atom. The van der Waals surface area contributed by atoms with Gasteiger partial charge in [0.25, 0.3) is 11.8 Å². The van der Waals surface area contributed by atoms with Crippen molar-refractivity contribution in [3.63, 3.8) is 0 Å². The van der Waals surface area contributed by atoms with Crippen LogP contribution in [-0.4, -0.2) is 20.3 Å². The Morgan fingerprint density at radius 3 is 2.04 bits per heavy atom. The zero-order valence-electron chi connectivity index (χ0n) is 15.0. The van der Waals surface area contributed by atoms with E-state index in [1.54, 1.807) is 0 Å². The van der Waals surface area contributed by atoms with Crippen molar-refractivity contribution >= 4 is 12.4 Å². The van der Waals surface area contributed by atoms with Gasteiger partial charge in [0, 0.05) is 5.41 Å². The highest BCUT2D eigenvalue weighted by atomic mass is 35.5. The standard InChI is InChI=1S/C18H21N5O2.ClH/c1-17(2,3)15-20-13(24-22-15)11-7-4-5-8-12(11)14-21-16(23-25-14)18(19)9-6-10-18;/h4-5,7-8H,6,9-10,19H2,1-3H3;1H. The van der Waals surface area contributed by atoms with E-state index in [0.717, 1.165) is 30.4 Å². The fraction of sp³-hybridized carbons (Fsp3) is 0.444. The second kappa shape index (κ2) is 6.48. The van der Waals surface area contributed by atoms with Gasteiger partial charge in [-0.1, -0.05) is 43.2 Å². The third-order valence-electron chi connectivity index (χ3n) is 4.60. The van der Waals surface area contributed by atoms with E-state index in [4.69, 9.17) is 14.8 Å². The summed E-state index contributed by atoms with van der Waals surface area (Å²) in [7, 11) is 0. The summed E-state index contributed by atoms with van der Waals surface area (Å²) in [5.41, 5.74) is 7.16. The van der Waals surface area contributed by atoms with Gasteiger partial charge in [-0.3, -0.25) is 0 Å². The normalized spacial score (nSPS) is 16.0. The molecule has 8 heteroatoms. The molecule has 2 heterocycles. The van der Waals surface area contributed by atoms with Crippen LogP contribution in [0.1, 0.15) is 51.7 Å². The predicted molar refractivity (Wildman–Crippen MR) is 98.7 cm³/mol. The van der Waals surface area contributed by atoms with E-state index in [1.807, 2.05) is 45.0 Å². The smallest absolute Gasteiger partial charge is 0.258 e. The van der Waals surface area contributed by atoms with Gasteiger partial charge in [0.05, 0.1) is 16.7 Å². The molecule has 1 aliphatic carbocycles. The van der Waals surface area contributed by atoms with Crippen molar-refractivity contribution in [1.82, 2.24) is 20.3 Å². The zero-order valence-corrected chi connectivity index (χ0v) is 15.8. The number of hydrogen-bond acceptors (Lipinski definition) is 7. The Hall–Kier alpha value is -2.25. The monoisotopic (exact) mass is 375 g/mol. The lowest BCUT2D eigenvalue weighted by molar-refractivity contribution is 0.229. The number of rotatable bonds is 3. The molecule has 26 heavy (non-hydrogen) atoms. The summed E-state index contributed by atoms with van der Waals surface area (Å²) in [6.07, 6.45) is 2.85. The molecule has 0 unspecified atom stereocenters. The number of nitrogens with zero attached hydrogens (tertiary/aromatic N) is 4. The van der Waals surface area contributed by atoms with Crippen molar-refractivity contribution in [2.45, 2.75) is 51.0 Å². The number of nitrogens with two attached hydrogens (primary N) is 1. The first-order valence-electron chi connectivity index (χ1n) is 8.44. The summed E-state index contributed by atoms with van der Waals surface area (Å²) < 4.78 is 10.9. The van der Waals surface area contributed by atoms with Crippen LogP contribution in [0.5, 0.6) is 0 Å². The highest BCUT2D eigenvalue weighted by Crippen LogP contribution is 2.38. The number of benzene rings is 1. The van der Waals surface area contributed by atoms with E-state index in [2.05, 4.69) is 20.3 Å². The molecule has 0 aliphatic heterocycles. The third-order valence-corrected chi connectivity index (χ3v) is 4.60. The Labute approximate surface area is 157 Å². The molecule has 138 valence electrons. The summed E-state index contributed by atoms with van der Waals surface area (Å²) in [4.78, 5) is 9.05. The number of hydrogen-bond donors (Lipinski definition) is 1. The lowest BCUT2D eigenvalue weighted by Crippen LogP contribution is -2.44. The van der Waals surface area contributed by atoms with Crippen LogP contribution in [-0.2, 0) is 11.0 Å². The van der Waals surface area contributed by atoms with Gasteiger partial charge in [-0.05, 0) is 31.4 Å². The molecule has 0 radical (unpaired) electrons. The minimum atomic E-state index is -0.458. The lowest BCUT2D eigenvalue weighted by atomic mass is 9.77. The van der Waals surface area contributed by atoms with E-state index in [9.17, 15) is 0 Å². The molecule has 0 spiro atoms. The van der Waals surface area contributed by atoms with Crippen LogP contribution in [0.25, 0.3) is 22.9 Å². The van der Waals surface area contributed by atoms with Gasteiger partial charge < -0.3 is 14.8 Å². The van der Waals surface area contributed by atoms with E-state index in [-0.39, 0.29) is 17.8 Å². The number of aromatic nitrogens is 4. The molecular formula is C18H22ClN5O2. The van der Waals surface area contributed by atoms with Gasteiger partial charge in [-0.25, -0.2) is 0 Å². The first kappa shape index (κ1) is 18.5. The SMILES string of the molecule is CC(C)(C)c1noc(-c2ccccc2-c2nc(C3(N)CCC3)no2)n1.Cl. The molecule has 7 nitrogen and oxygen atoms in total. The Bertz CT molecular complexity index is 908. The maximum Gasteiger partial charge on any atom is 0.258 e. The van der Waals surface area contributed by atoms with Gasteiger partial charge in [-0.2, -0.15) is 9.97 Å². The van der Waals surface area contributed by atoms with Crippen molar-refractivity contribution in [2.75, 3.05) is 0 Å². The van der Waals surface area contributed by atoms with Crippen LogP contribution >= 0.6 is 12.4 Å². The van der Waals surface area contributed by atoms with Gasteiger partial charge in [-0.15, -0.1) is 12.4 Å². The van der Waals surface area contributed by atoms with Gasteiger partial charge in [0.15, 0.2) is 11.6 Å². The highest BCUT2D eigenvalue weighted by Gasteiger charge is 2.39. The molecule has 3 aromatic rings. The first-order valence-corrected chi connectivity index (χ1v) is 8.44. The molecule has 1 aromatic carbocycles. The van der Waals surface area contributed by atoms with E-state index in [0.29, 0.717) is 23.4 Å². The summed E-state index contributed by atoms with van der Waals surface area (Å²) in [6, 6.07) is 7.62. The molecule has 4 rings (SSSR count). The van der Waals surface area contributed by atoms with Crippen molar-refractivity contribution in [1.29, 1.82) is 0 Å².